The smallest absolute Gasteiger partial charge is 0.357 e. The molecule has 0 fully saturated rings. The van der Waals surface area contributed by atoms with Crippen molar-refractivity contribution in [3.8, 4) is 28.7 Å². The van der Waals surface area contributed by atoms with Crippen LogP contribution < -0.4 is 14.7 Å². The van der Waals surface area contributed by atoms with E-state index in [-0.39, 0.29) is 61.1 Å². The average Bonchev–Trinajstić information content (AvgIpc) is 1.64. The van der Waals surface area contributed by atoms with Gasteiger partial charge in [0, 0.05) is 16.2 Å². The number of phenols is 3. The van der Waals surface area contributed by atoms with E-state index >= 15 is 0 Å². The van der Waals surface area contributed by atoms with E-state index in [0.717, 1.165) is 24.3 Å². The number of nitrogens with two attached hydrogens (primary N) is 1. The molecule has 0 radical (unpaired) electrons. The van der Waals surface area contributed by atoms with Gasteiger partial charge >= 0.3 is 11.4 Å². The van der Waals surface area contributed by atoms with Gasteiger partial charge in [-0.2, -0.15) is 43.0 Å². The lowest BCUT2D eigenvalue weighted by molar-refractivity contribution is -0.432. The number of hydrogen-bond donors (Lipinski definition) is 11. The van der Waals surface area contributed by atoms with Crippen molar-refractivity contribution >= 4 is 159 Å². The van der Waals surface area contributed by atoms with Crippen molar-refractivity contribution in [3.63, 3.8) is 0 Å². The zero-order valence-electron chi connectivity index (χ0n) is 40.8. The van der Waals surface area contributed by atoms with Crippen LogP contribution in [0.25, 0.3) is 32.3 Å². The largest absolute Gasteiger partial charge is 0.505 e. The van der Waals surface area contributed by atoms with E-state index in [1.807, 2.05) is 0 Å². The first-order valence-electron chi connectivity index (χ1n) is 21.7. The highest BCUT2D eigenvalue weighted by molar-refractivity contribution is 7.95. The van der Waals surface area contributed by atoms with Gasteiger partial charge in [-0.05, 0) is 95.7 Å². The molecule has 0 heterocycles. The fraction of sp³-hybridized carbons (Fsp3) is 0.0233. The van der Waals surface area contributed by atoms with Crippen LogP contribution in [0.4, 0.5) is 51.2 Å². The summed E-state index contributed by atoms with van der Waals surface area (Å²) in [6, 6.07) is 17.3. The second-order valence-corrected chi connectivity index (χ2v) is 23.7. The molecule has 41 heteroatoms. The van der Waals surface area contributed by atoms with Crippen LogP contribution in [0.5, 0.6) is 28.7 Å². The van der Waals surface area contributed by atoms with Gasteiger partial charge in [-0.1, -0.05) is 22.2 Å². The Morgan fingerprint density at radius 2 is 1.08 bits per heavy atom. The molecule has 0 aliphatic carbocycles. The van der Waals surface area contributed by atoms with Gasteiger partial charge in [-0.3, -0.25) is 22.8 Å². The number of rotatable bonds is 21. The van der Waals surface area contributed by atoms with Crippen LogP contribution in [0, 0.1) is 0 Å². The fourth-order valence-corrected chi connectivity index (χ4v) is 11.7. The maximum absolute atomic E-state index is 13.1. The molecule has 8 aromatic rings. The van der Waals surface area contributed by atoms with Gasteiger partial charge in [0.15, 0.2) is 28.7 Å². The number of nitrogen functional groups attached to an aromatic ring is 1. The number of phenolic OH excluding ortho intramolecular Hbond substituents is 3. The summed E-state index contributed by atoms with van der Waals surface area (Å²) in [5.41, 5.74) is 0.639. The zero-order valence-corrected chi connectivity index (χ0v) is 46.6. The summed E-state index contributed by atoms with van der Waals surface area (Å²) in [4.78, 5) is -4.66. The minimum Gasteiger partial charge on any atom is -0.505 e. The Labute approximate surface area is 479 Å². The number of ether oxygens (including phenoxy) is 1. The number of benzene rings is 8. The van der Waals surface area contributed by atoms with Crippen molar-refractivity contribution in [1.29, 1.82) is 0 Å². The van der Waals surface area contributed by atoms with Crippen LogP contribution in [-0.2, 0) is 70.6 Å². The minimum absolute atomic E-state index is 0.0146. The monoisotopic (exact) mass is 1300 g/mol. The Hall–Kier alpha value is -8.05. The highest BCUT2D eigenvalue weighted by atomic mass is 32.2. The van der Waals surface area contributed by atoms with Crippen molar-refractivity contribution in [1.82, 2.24) is 0 Å². The lowest BCUT2D eigenvalue weighted by Gasteiger charge is -2.15. The number of azo groups is 4. The van der Waals surface area contributed by atoms with Crippen LogP contribution in [0.2, 0.25) is 0 Å². The third-order valence-electron chi connectivity index (χ3n) is 11.1. The molecule has 1 unspecified atom stereocenters. The number of methoxy groups -OCH3 is 1. The number of fused-ring (bicyclic) bond motifs is 3. The summed E-state index contributed by atoms with van der Waals surface area (Å²) >= 11 is -2.57. The molecule has 1 atom stereocenters. The fourth-order valence-electron chi connectivity index (χ4n) is 7.69. The predicted octanol–water partition coefficient (Wildman–Crippen LogP) is 10.9. The number of nitrogens with zero attached hydrogens (tertiary/aromatic N) is 8. The molecule has 440 valence electrons. The second-order valence-electron chi connectivity index (χ2n) is 16.1. The first kappa shape index (κ1) is 62.0. The Bertz CT molecular complexity index is 4650. The lowest BCUT2D eigenvalue weighted by atomic mass is 10.0. The van der Waals surface area contributed by atoms with Crippen LogP contribution in [0.1, 0.15) is 0 Å². The molecule has 0 bridgehead atoms. The SMILES string of the molecule is COc1ccc(N=Nc2c(S(=O)(=O)O)cc3c(S(=O)(=O)O)c(N=Nc4c(S(=O)(=O)O)cc5cc(OS(=O)O)c(N=Nc6ccc7c(O)c(N=Nc8ccccc8S(=O)(=O)O)c(SOOO)cc7c6)c(O)c5c4N)ccc3c2O)c(SOOO)c1. The summed E-state index contributed by atoms with van der Waals surface area (Å²) in [6.07, 6.45) is 0. The highest BCUT2D eigenvalue weighted by Gasteiger charge is 2.30. The number of anilines is 1. The molecule has 0 saturated heterocycles. The van der Waals surface area contributed by atoms with Gasteiger partial charge in [0.25, 0.3) is 40.5 Å². The Morgan fingerprint density at radius 3 is 1.73 bits per heavy atom. The topological polar surface area (TPSA) is 536 Å². The third kappa shape index (κ3) is 13.3. The van der Waals surface area contributed by atoms with Crippen molar-refractivity contribution in [2.24, 2.45) is 40.9 Å². The average molecular weight is 1300 g/mol. The van der Waals surface area contributed by atoms with Crippen molar-refractivity contribution in [2.75, 3.05) is 12.8 Å². The molecule has 34 nitrogen and oxygen atoms in total. The molecule has 12 N–H and O–H groups in total. The normalized spacial score (nSPS) is 13.2. The van der Waals surface area contributed by atoms with Crippen LogP contribution in [-0.4, -0.2) is 93.6 Å². The second kappa shape index (κ2) is 24.6. The van der Waals surface area contributed by atoms with Gasteiger partial charge in [0.1, 0.15) is 59.5 Å². The molecule has 0 aliphatic rings. The Morgan fingerprint density at radius 1 is 0.512 bits per heavy atom. The summed E-state index contributed by atoms with van der Waals surface area (Å²) in [7, 11) is -20.2. The highest BCUT2D eigenvalue weighted by Crippen LogP contribution is 2.52. The van der Waals surface area contributed by atoms with Crippen LogP contribution >= 0.6 is 24.1 Å². The molecule has 0 aliphatic heterocycles. The van der Waals surface area contributed by atoms with Gasteiger partial charge in [-0.25, -0.2) is 10.5 Å². The molecular formula is C43H31N9O25S7. The molecule has 0 amide bonds. The zero-order chi connectivity index (χ0) is 61.2. The lowest BCUT2D eigenvalue weighted by Crippen LogP contribution is -2.04. The summed E-state index contributed by atoms with van der Waals surface area (Å²) in [5.74, 6) is -3.46. The van der Waals surface area contributed by atoms with E-state index in [2.05, 4.69) is 59.7 Å². The summed E-state index contributed by atoms with van der Waals surface area (Å²) in [6.45, 7) is 0. The van der Waals surface area contributed by atoms with Crippen molar-refractivity contribution in [3.05, 3.63) is 97.1 Å². The quantitative estimate of drug-likeness (QED) is 0.00605. The summed E-state index contributed by atoms with van der Waals surface area (Å²) < 4.78 is 183. The molecular weight excluding hydrogens is 1270 g/mol. The van der Waals surface area contributed by atoms with Gasteiger partial charge < -0.3 is 30.0 Å². The van der Waals surface area contributed by atoms with Crippen molar-refractivity contribution < 1.29 is 114 Å². The molecule has 8 aromatic carbocycles. The maximum Gasteiger partial charge on any atom is 0.357 e. The van der Waals surface area contributed by atoms with E-state index < -0.39 is 144 Å². The first-order valence-corrected chi connectivity index (χ1v) is 30.0. The molecule has 0 spiro atoms. The molecule has 0 aromatic heterocycles. The first-order chi connectivity index (χ1) is 39.5. The minimum atomic E-state index is -5.65. The standard InChI is InChI=1S/C43H31N9O25S7/c1-72-21-7-10-25(29(16-21)78-76-74-56)46-52-39-33(83(66,67)68)17-24-23(41(39)54)9-11-27(43(24)84(69,70)71)48-51-38-32(82(63,64)65)15-19-13-28(73-80(58)59)36(42(55)34(19)35(38)44)49-45-20-6-8-22-18(12-20)14-30(79-77-75-57)37(40(22)53)50-47-26-4-2-3-5-31(26)81(60,61)62/h2-17,53-57H,44H2,1H3,(H,58,59)(H,60,61,62)(H,63,64,65)(H,66,67,68)(H,69,70,71). The number of aromatic hydroxyl groups is 3. The maximum atomic E-state index is 13.1. The van der Waals surface area contributed by atoms with E-state index in [0.29, 0.717) is 24.2 Å². The van der Waals surface area contributed by atoms with E-state index in [4.69, 9.17) is 25.2 Å². The number of hydrogen-bond acceptors (Lipinski definition) is 31. The Kier molecular flexibility index (Phi) is 18.2. The van der Waals surface area contributed by atoms with Gasteiger partial charge in [0.05, 0.1) is 57.7 Å². The summed E-state index contributed by atoms with van der Waals surface area (Å²) in [5, 5.41) is 87.6. The van der Waals surface area contributed by atoms with E-state index in [1.54, 1.807) is 0 Å². The molecule has 84 heavy (non-hydrogen) atoms. The van der Waals surface area contributed by atoms with Gasteiger partial charge in [0.2, 0.25) is 0 Å². The predicted molar refractivity (Wildman–Crippen MR) is 289 cm³/mol. The van der Waals surface area contributed by atoms with Crippen molar-refractivity contribution in [2.45, 2.75) is 29.4 Å². The van der Waals surface area contributed by atoms with Gasteiger partial charge in [-0.15, -0.1) is 44.5 Å². The molecule has 8 rings (SSSR count). The van der Waals surface area contributed by atoms with Crippen LogP contribution in [0.3, 0.4) is 0 Å². The molecule has 0 saturated carbocycles. The van der Waals surface area contributed by atoms with E-state index in [1.165, 1.54) is 67.8 Å². The van der Waals surface area contributed by atoms with E-state index in [9.17, 15) is 76.0 Å². The Balaban J connectivity index is 1.24. The third-order valence-corrected chi connectivity index (χ3v) is 16.3. The van der Waals surface area contributed by atoms with Crippen LogP contribution in [0.15, 0.2) is 167 Å².